The lowest BCUT2D eigenvalue weighted by molar-refractivity contribution is -0.136. The monoisotopic (exact) mass is 452 g/mol. The number of amides is 3. The zero-order valence-electron chi connectivity index (χ0n) is 18.6. The highest BCUT2D eigenvalue weighted by Crippen LogP contribution is 2.16. The van der Waals surface area contributed by atoms with E-state index >= 15 is 0 Å². The number of carbonyl (C=O) groups excluding carboxylic acids is 3. The minimum atomic E-state index is -0.902. The second-order valence-electron chi connectivity index (χ2n) is 7.48. The number of ether oxygens (including phenoxy) is 2. The fourth-order valence-corrected chi connectivity index (χ4v) is 3.15. The molecule has 174 valence electrons. The van der Waals surface area contributed by atoms with Gasteiger partial charge in [0.25, 0.3) is 5.91 Å². The third-order valence-corrected chi connectivity index (χ3v) is 4.85. The van der Waals surface area contributed by atoms with Crippen molar-refractivity contribution in [2.75, 3.05) is 31.6 Å². The zero-order valence-corrected chi connectivity index (χ0v) is 18.6. The number of likely N-dealkylation sites (tertiary alicyclic amines) is 1. The SMILES string of the molecule is CCCOc1ccc(NC(=O)C(=O)N/N=C\c2cccc(OCC(=O)N3CCCC3)c2)cc1. The van der Waals surface area contributed by atoms with Crippen LogP contribution in [0.2, 0.25) is 0 Å². The lowest BCUT2D eigenvalue weighted by atomic mass is 10.2. The summed E-state index contributed by atoms with van der Waals surface area (Å²) in [7, 11) is 0. The van der Waals surface area contributed by atoms with Gasteiger partial charge in [-0.15, -0.1) is 0 Å². The van der Waals surface area contributed by atoms with Crippen molar-refractivity contribution in [2.45, 2.75) is 26.2 Å². The van der Waals surface area contributed by atoms with E-state index in [1.165, 1.54) is 6.21 Å². The minimum absolute atomic E-state index is 0.0246. The number of hydrogen-bond acceptors (Lipinski definition) is 6. The fraction of sp³-hybridized carbons (Fsp3) is 0.333. The van der Waals surface area contributed by atoms with E-state index in [0.717, 1.165) is 32.4 Å². The summed E-state index contributed by atoms with van der Waals surface area (Å²) in [5.74, 6) is -0.571. The van der Waals surface area contributed by atoms with E-state index in [1.807, 2.05) is 6.92 Å². The van der Waals surface area contributed by atoms with E-state index in [-0.39, 0.29) is 12.5 Å². The van der Waals surface area contributed by atoms with Gasteiger partial charge < -0.3 is 19.7 Å². The molecule has 2 N–H and O–H groups in total. The summed E-state index contributed by atoms with van der Waals surface area (Å²) in [6, 6.07) is 13.7. The van der Waals surface area contributed by atoms with Gasteiger partial charge in [-0.1, -0.05) is 19.1 Å². The summed E-state index contributed by atoms with van der Waals surface area (Å²) in [6.07, 6.45) is 4.35. The molecule has 0 aromatic heterocycles. The molecule has 1 aliphatic rings. The molecule has 33 heavy (non-hydrogen) atoms. The number of benzene rings is 2. The molecule has 1 fully saturated rings. The summed E-state index contributed by atoms with van der Waals surface area (Å²) in [4.78, 5) is 37.9. The molecule has 1 saturated heterocycles. The Labute approximate surface area is 192 Å². The Balaban J connectivity index is 1.44. The molecular formula is C24H28N4O5. The van der Waals surface area contributed by atoms with Gasteiger partial charge in [-0.05, 0) is 61.2 Å². The molecule has 0 aliphatic carbocycles. The third kappa shape index (κ3) is 7.64. The molecule has 1 aliphatic heterocycles. The van der Waals surface area contributed by atoms with E-state index in [2.05, 4.69) is 15.8 Å². The molecule has 0 unspecified atom stereocenters. The van der Waals surface area contributed by atoms with Gasteiger partial charge in [-0.2, -0.15) is 5.10 Å². The van der Waals surface area contributed by atoms with E-state index in [1.54, 1.807) is 53.4 Å². The molecule has 0 bridgehead atoms. The van der Waals surface area contributed by atoms with Crippen molar-refractivity contribution < 1.29 is 23.9 Å². The maximum Gasteiger partial charge on any atom is 0.329 e. The summed E-state index contributed by atoms with van der Waals surface area (Å²) in [5, 5.41) is 6.31. The Morgan fingerprint density at radius 3 is 2.48 bits per heavy atom. The quantitative estimate of drug-likeness (QED) is 0.345. The average Bonchev–Trinajstić information content (AvgIpc) is 3.37. The van der Waals surface area contributed by atoms with Crippen LogP contribution >= 0.6 is 0 Å². The van der Waals surface area contributed by atoms with Gasteiger partial charge in [0.2, 0.25) is 0 Å². The first-order valence-electron chi connectivity index (χ1n) is 10.9. The van der Waals surface area contributed by atoms with Gasteiger partial charge in [-0.25, -0.2) is 5.43 Å². The van der Waals surface area contributed by atoms with E-state index < -0.39 is 11.8 Å². The lowest BCUT2D eigenvalue weighted by Crippen LogP contribution is -2.32. The smallest absolute Gasteiger partial charge is 0.329 e. The van der Waals surface area contributed by atoms with Crippen LogP contribution in [0.15, 0.2) is 53.6 Å². The summed E-state index contributed by atoms with van der Waals surface area (Å²) < 4.78 is 11.0. The molecule has 3 rings (SSSR count). The first-order chi connectivity index (χ1) is 16.0. The fourth-order valence-electron chi connectivity index (χ4n) is 3.15. The van der Waals surface area contributed by atoms with Crippen molar-refractivity contribution in [1.82, 2.24) is 10.3 Å². The average molecular weight is 453 g/mol. The maximum absolute atomic E-state index is 12.1. The van der Waals surface area contributed by atoms with Crippen molar-refractivity contribution in [3.05, 3.63) is 54.1 Å². The Bertz CT molecular complexity index is 985. The van der Waals surface area contributed by atoms with Crippen LogP contribution in [-0.2, 0) is 14.4 Å². The van der Waals surface area contributed by atoms with Crippen molar-refractivity contribution in [1.29, 1.82) is 0 Å². The predicted molar refractivity (Wildman–Crippen MR) is 124 cm³/mol. The van der Waals surface area contributed by atoms with Crippen molar-refractivity contribution in [3.8, 4) is 11.5 Å². The van der Waals surface area contributed by atoms with Gasteiger partial charge in [0.1, 0.15) is 11.5 Å². The number of nitrogens with one attached hydrogen (secondary N) is 2. The van der Waals surface area contributed by atoms with E-state index in [4.69, 9.17) is 9.47 Å². The molecule has 0 spiro atoms. The highest BCUT2D eigenvalue weighted by atomic mass is 16.5. The predicted octanol–water partition coefficient (Wildman–Crippen LogP) is 2.57. The first kappa shape index (κ1) is 23.8. The highest BCUT2D eigenvalue weighted by molar-refractivity contribution is 6.39. The van der Waals surface area contributed by atoms with Crippen LogP contribution in [-0.4, -0.2) is 55.1 Å². The summed E-state index contributed by atoms with van der Waals surface area (Å²) >= 11 is 0. The molecule has 0 radical (unpaired) electrons. The Morgan fingerprint density at radius 2 is 1.76 bits per heavy atom. The summed E-state index contributed by atoms with van der Waals surface area (Å²) in [5.41, 5.74) is 3.30. The molecule has 0 saturated carbocycles. The number of nitrogens with zero attached hydrogens (tertiary/aromatic N) is 2. The minimum Gasteiger partial charge on any atom is -0.494 e. The van der Waals surface area contributed by atoms with Gasteiger partial charge in [-0.3, -0.25) is 14.4 Å². The van der Waals surface area contributed by atoms with Gasteiger partial charge >= 0.3 is 11.8 Å². The van der Waals surface area contributed by atoms with Crippen LogP contribution in [0, 0.1) is 0 Å². The number of carbonyl (C=O) groups is 3. The van der Waals surface area contributed by atoms with Crippen molar-refractivity contribution in [3.63, 3.8) is 0 Å². The second kappa shape index (κ2) is 12.2. The number of hydrogen-bond donors (Lipinski definition) is 2. The number of anilines is 1. The van der Waals surface area contributed by atoms with Crippen LogP contribution in [0.3, 0.4) is 0 Å². The van der Waals surface area contributed by atoms with E-state index in [9.17, 15) is 14.4 Å². The zero-order chi connectivity index (χ0) is 23.5. The van der Waals surface area contributed by atoms with Crippen molar-refractivity contribution in [2.24, 2.45) is 5.10 Å². The molecule has 2 aromatic rings. The topological polar surface area (TPSA) is 109 Å². The Morgan fingerprint density at radius 1 is 1.00 bits per heavy atom. The van der Waals surface area contributed by atoms with Gasteiger partial charge in [0.05, 0.1) is 12.8 Å². The molecule has 3 amide bonds. The van der Waals surface area contributed by atoms with Crippen LogP contribution in [0.25, 0.3) is 0 Å². The molecule has 0 atom stereocenters. The Hall–Kier alpha value is -3.88. The van der Waals surface area contributed by atoms with E-state index in [0.29, 0.717) is 29.4 Å². The molecular weight excluding hydrogens is 424 g/mol. The van der Waals surface area contributed by atoms with Crippen LogP contribution < -0.4 is 20.2 Å². The van der Waals surface area contributed by atoms with Crippen LogP contribution in [0.5, 0.6) is 11.5 Å². The molecule has 1 heterocycles. The van der Waals surface area contributed by atoms with Crippen molar-refractivity contribution >= 4 is 29.6 Å². The number of hydrazone groups is 1. The van der Waals surface area contributed by atoms with Crippen LogP contribution in [0.1, 0.15) is 31.7 Å². The maximum atomic E-state index is 12.1. The Kier molecular flexibility index (Phi) is 8.81. The number of rotatable bonds is 9. The normalized spacial score (nSPS) is 13.1. The first-order valence-corrected chi connectivity index (χ1v) is 10.9. The summed E-state index contributed by atoms with van der Waals surface area (Å²) in [6.45, 7) is 4.15. The standard InChI is InChI=1S/C24H28N4O5/c1-2-14-32-20-10-8-19(9-11-20)26-23(30)24(31)27-25-16-18-6-5-7-21(15-18)33-17-22(29)28-12-3-4-13-28/h5-11,15-16H,2-4,12-14,17H2,1H3,(H,26,30)(H,27,31)/b25-16-. The second-order valence-corrected chi connectivity index (χ2v) is 7.48. The largest absolute Gasteiger partial charge is 0.494 e. The molecule has 9 heteroatoms. The third-order valence-electron chi connectivity index (χ3n) is 4.85. The highest BCUT2D eigenvalue weighted by Gasteiger charge is 2.18. The van der Waals surface area contributed by atoms with Gasteiger partial charge in [0, 0.05) is 18.8 Å². The van der Waals surface area contributed by atoms with Gasteiger partial charge in [0.15, 0.2) is 6.61 Å². The lowest BCUT2D eigenvalue weighted by Gasteiger charge is -2.15. The molecule has 9 nitrogen and oxygen atoms in total. The molecule has 2 aromatic carbocycles. The van der Waals surface area contributed by atoms with Crippen LogP contribution in [0.4, 0.5) is 5.69 Å².